The molecule has 1 atom stereocenters. The van der Waals surface area contributed by atoms with E-state index in [1.165, 1.54) is 19.3 Å². The van der Waals surface area contributed by atoms with Gasteiger partial charge in [-0.2, -0.15) is 0 Å². The molecule has 4 N–H and O–H groups in total. The van der Waals surface area contributed by atoms with Gasteiger partial charge in [0.1, 0.15) is 0 Å². The molecule has 5 nitrogen and oxygen atoms in total. The van der Waals surface area contributed by atoms with Crippen molar-refractivity contribution >= 4 is 5.91 Å². The maximum Gasteiger partial charge on any atom is 0.233 e. The molecule has 0 aromatic heterocycles. The van der Waals surface area contributed by atoms with Crippen LogP contribution in [0.2, 0.25) is 0 Å². The molecule has 100 valence electrons. The molecular weight excluding hydrogens is 218 g/mol. The third-order valence-electron chi connectivity index (χ3n) is 3.47. The number of amides is 1. The number of aliphatic hydroxyl groups excluding tert-OH is 1. The average Bonchev–Trinajstić information content (AvgIpc) is 2.59. The average molecular weight is 243 g/mol. The fourth-order valence-electron chi connectivity index (χ4n) is 2.41. The van der Waals surface area contributed by atoms with Gasteiger partial charge in [-0.1, -0.05) is 12.8 Å². The number of aliphatic hydroxyl groups is 1. The minimum Gasteiger partial charge on any atom is -0.395 e. The lowest BCUT2D eigenvalue weighted by atomic mass is 10.1. The summed E-state index contributed by atoms with van der Waals surface area (Å²) in [5.41, 5.74) is 2.14. The molecule has 1 fully saturated rings. The standard InChI is InChI=1S/C12H25N3O2/c13-14-12(17)7-3-5-9-15-8-4-1-2-6-11(15)10-16/h11,16H,1-10,13H2,(H,14,17). The van der Waals surface area contributed by atoms with E-state index in [0.29, 0.717) is 12.5 Å². The summed E-state index contributed by atoms with van der Waals surface area (Å²) >= 11 is 0. The number of nitrogens with zero attached hydrogens (tertiary/aromatic N) is 1. The Bertz CT molecular complexity index is 224. The van der Waals surface area contributed by atoms with E-state index in [0.717, 1.165) is 32.4 Å². The van der Waals surface area contributed by atoms with Crippen molar-refractivity contribution in [2.24, 2.45) is 5.84 Å². The Morgan fingerprint density at radius 1 is 1.35 bits per heavy atom. The molecule has 1 heterocycles. The number of likely N-dealkylation sites (tertiary alicyclic amines) is 1. The second-order valence-electron chi connectivity index (χ2n) is 4.75. The van der Waals surface area contributed by atoms with Crippen molar-refractivity contribution in [1.82, 2.24) is 10.3 Å². The van der Waals surface area contributed by atoms with Crippen molar-refractivity contribution in [1.29, 1.82) is 0 Å². The van der Waals surface area contributed by atoms with Crippen molar-refractivity contribution in [3.05, 3.63) is 0 Å². The van der Waals surface area contributed by atoms with Gasteiger partial charge in [0, 0.05) is 12.5 Å². The quantitative estimate of drug-likeness (QED) is 0.273. The van der Waals surface area contributed by atoms with Gasteiger partial charge < -0.3 is 5.11 Å². The molecule has 0 saturated carbocycles. The Labute approximate surface area is 103 Å². The lowest BCUT2D eigenvalue weighted by Crippen LogP contribution is -2.38. The summed E-state index contributed by atoms with van der Waals surface area (Å²) in [6, 6.07) is 0.320. The first-order chi connectivity index (χ1) is 8.27. The molecule has 0 aromatic carbocycles. The van der Waals surface area contributed by atoms with Crippen LogP contribution in [0.25, 0.3) is 0 Å². The van der Waals surface area contributed by atoms with Gasteiger partial charge in [0.15, 0.2) is 0 Å². The van der Waals surface area contributed by atoms with Gasteiger partial charge >= 0.3 is 0 Å². The van der Waals surface area contributed by atoms with E-state index in [4.69, 9.17) is 5.84 Å². The van der Waals surface area contributed by atoms with Crippen LogP contribution in [-0.4, -0.2) is 41.7 Å². The van der Waals surface area contributed by atoms with Crippen molar-refractivity contribution in [3.63, 3.8) is 0 Å². The second kappa shape index (κ2) is 8.44. The monoisotopic (exact) mass is 243 g/mol. The lowest BCUT2D eigenvalue weighted by Gasteiger charge is -2.28. The van der Waals surface area contributed by atoms with E-state index >= 15 is 0 Å². The zero-order valence-electron chi connectivity index (χ0n) is 10.5. The van der Waals surface area contributed by atoms with Gasteiger partial charge in [0.25, 0.3) is 0 Å². The third kappa shape index (κ3) is 5.48. The molecule has 0 spiro atoms. The van der Waals surface area contributed by atoms with Crippen LogP contribution >= 0.6 is 0 Å². The van der Waals surface area contributed by atoms with Gasteiger partial charge in [-0.25, -0.2) is 5.84 Å². The van der Waals surface area contributed by atoms with E-state index in [1.807, 2.05) is 0 Å². The number of hydrazine groups is 1. The van der Waals surface area contributed by atoms with Crippen molar-refractivity contribution in [3.8, 4) is 0 Å². The number of nitrogens with two attached hydrogens (primary N) is 1. The fourth-order valence-corrected chi connectivity index (χ4v) is 2.41. The topological polar surface area (TPSA) is 78.6 Å². The maximum absolute atomic E-state index is 10.9. The normalized spacial score (nSPS) is 22.1. The first-order valence-corrected chi connectivity index (χ1v) is 6.62. The van der Waals surface area contributed by atoms with Crippen LogP contribution in [0.15, 0.2) is 0 Å². The van der Waals surface area contributed by atoms with E-state index in [-0.39, 0.29) is 12.5 Å². The number of hydrogen-bond donors (Lipinski definition) is 3. The molecule has 0 bridgehead atoms. The van der Waals surface area contributed by atoms with Crippen LogP contribution in [0.4, 0.5) is 0 Å². The summed E-state index contributed by atoms with van der Waals surface area (Å²) in [6.07, 6.45) is 7.15. The zero-order chi connectivity index (χ0) is 12.5. The molecule has 0 radical (unpaired) electrons. The molecule has 1 amide bonds. The van der Waals surface area contributed by atoms with Gasteiger partial charge in [0.2, 0.25) is 5.91 Å². The highest BCUT2D eigenvalue weighted by molar-refractivity contribution is 5.75. The Balaban J connectivity index is 2.20. The first kappa shape index (κ1) is 14.4. The van der Waals surface area contributed by atoms with E-state index in [1.54, 1.807) is 0 Å². The lowest BCUT2D eigenvalue weighted by molar-refractivity contribution is -0.121. The smallest absolute Gasteiger partial charge is 0.233 e. The number of carbonyl (C=O) groups excluding carboxylic acids is 1. The molecule has 5 heteroatoms. The number of unbranched alkanes of at least 4 members (excludes halogenated alkanes) is 1. The fraction of sp³-hybridized carbons (Fsp3) is 0.917. The predicted octanol–water partition coefficient (Wildman–Crippen LogP) is 0.383. The molecule has 1 unspecified atom stereocenters. The molecule has 0 aliphatic carbocycles. The molecule has 1 saturated heterocycles. The summed E-state index contributed by atoms with van der Waals surface area (Å²) in [5.74, 6) is 4.92. The van der Waals surface area contributed by atoms with Crippen LogP contribution in [0.3, 0.4) is 0 Å². The van der Waals surface area contributed by atoms with Crippen LogP contribution < -0.4 is 11.3 Å². The van der Waals surface area contributed by atoms with Gasteiger partial charge in [-0.05, 0) is 38.8 Å². The number of rotatable bonds is 6. The van der Waals surface area contributed by atoms with E-state index in [9.17, 15) is 9.90 Å². The minimum absolute atomic E-state index is 0.0976. The summed E-state index contributed by atoms with van der Waals surface area (Å²) in [4.78, 5) is 13.3. The summed E-state index contributed by atoms with van der Waals surface area (Å²) in [6.45, 7) is 2.31. The van der Waals surface area contributed by atoms with Crippen molar-refractivity contribution < 1.29 is 9.90 Å². The number of carbonyl (C=O) groups is 1. The highest BCUT2D eigenvalue weighted by Crippen LogP contribution is 2.17. The highest BCUT2D eigenvalue weighted by Gasteiger charge is 2.19. The molecule has 1 aliphatic heterocycles. The third-order valence-corrected chi connectivity index (χ3v) is 3.47. The Morgan fingerprint density at radius 2 is 2.18 bits per heavy atom. The molecule has 1 aliphatic rings. The molecule has 0 aromatic rings. The van der Waals surface area contributed by atoms with Gasteiger partial charge in [0.05, 0.1) is 6.61 Å². The van der Waals surface area contributed by atoms with Crippen LogP contribution in [0, 0.1) is 0 Å². The Kier molecular flexibility index (Phi) is 7.16. The maximum atomic E-state index is 10.9. The predicted molar refractivity (Wildman–Crippen MR) is 67.1 cm³/mol. The largest absolute Gasteiger partial charge is 0.395 e. The van der Waals surface area contributed by atoms with Gasteiger partial charge in [-0.3, -0.25) is 15.1 Å². The summed E-state index contributed by atoms with van der Waals surface area (Å²) < 4.78 is 0. The first-order valence-electron chi connectivity index (χ1n) is 6.62. The molecular formula is C12H25N3O2. The second-order valence-corrected chi connectivity index (χ2v) is 4.75. The van der Waals surface area contributed by atoms with Crippen LogP contribution in [0.5, 0.6) is 0 Å². The number of hydrogen-bond acceptors (Lipinski definition) is 4. The van der Waals surface area contributed by atoms with Gasteiger partial charge in [-0.15, -0.1) is 0 Å². The Hall–Kier alpha value is -0.650. The van der Waals surface area contributed by atoms with Crippen molar-refractivity contribution in [2.75, 3.05) is 19.7 Å². The minimum atomic E-state index is -0.0976. The highest BCUT2D eigenvalue weighted by atomic mass is 16.3. The summed E-state index contributed by atoms with van der Waals surface area (Å²) in [5, 5.41) is 9.35. The van der Waals surface area contributed by atoms with Crippen molar-refractivity contribution in [2.45, 2.75) is 51.0 Å². The molecule has 17 heavy (non-hydrogen) atoms. The van der Waals surface area contributed by atoms with E-state index < -0.39 is 0 Å². The molecule has 1 rings (SSSR count). The SMILES string of the molecule is NNC(=O)CCCCN1CCCCCC1CO. The Morgan fingerprint density at radius 3 is 2.88 bits per heavy atom. The van der Waals surface area contributed by atoms with Crippen LogP contribution in [0.1, 0.15) is 44.9 Å². The number of nitrogens with one attached hydrogen (secondary N) is 1. The zero-order valence-corrected chi connectivity index (χ0v) is 10.5. The van der Waals surface area contributed by atoms with Crippen LogP contribution in [-0.2, 0) is 4.79 Å². The van der Waals surface area contributed by atoms with E-state index in [2.05, 4.69) is 10.3 Å². The summed E-state index contributed by atoms with van der Waals surface area (Å²) in [7, 11) is 0.